The number of carbonyl (C=O) groups is 3. The van der Waals surface area contributed by atoms with Gasteiger partial charge in [0.15, 0.2) is 5.78 Å². The van der Waals surface area contributed by atoms with Gasteiger partial charge in [0.25, 0.3) is 0 Å². The van der Waals surface area contributed by atoms with Crippen molar-refractivity contribution in [2.45, 2.75) is 58.8 Å². The van der Waals surface area contributed by atoms with Crippen molar-refractivity contribution in [2.75, 3.05) is 17.3 Å². The van der Waals surface area contributed by atoms with E-state index < -0.39 is 17.3 Å². The second-order valence-electron chi connectivity index (χ2n) is 11.3. The van der Waals surface area contributed by atoms with Gasteiger partial charge >= 0.3 is 5.97 Å². The molecule has 3 aliphatic rings. The van der Waals surface area contributed by atoms with Crippen LogP contribution in [0.25, 0.3) is 0 Å². The van der Waals surface area contributed by atoms with E-state index in [1.165, 1.54) is 7.11 Å². The Morgan fingerprint density at radius 1 is 1.08 bits per heavy atom. The standard InChI is InChI=1S/C30H33N3O4/c1-16(2)18-8-10-19(11-9-18)33-22-14-29(4,5)15-23(34)24(22)30(25(26(33)31)27(35)37-6)20-13-17(3)7-12-21(20)32-28(30)36/h7-13,16H,14-15,31H2,1-6H3,(H,32,36). The average Bonchev–Trinajstić information content (AvgIpc) is 3.09. The molecule has 1 spiro atoms. The maximum absolute atomic E-state index is 14.0. The zero-order valence-corrected chi connectivity index (χ0v) is 22.2. The fourth-order valence-electron chi connectivity index (χ4n) is 6.05. The highest BCUT2D eigenvalue weighted by molar-refractivity contribution is 6.23. The highest BCUT2D eigenvalue weighted by Gasteiger charge is 2.63. The topological polar surface area (TPSA) is 102 Å². The molecule has 2 aliphatic heterocycles. The van der Waals surface area contributed by atoms with Crippen LogP contribution in [-0.4, -0.2) is 24.8 Å². The van der Waals surface area contributed by atoms with Crippen LogP contribution in [0.15, 0.2) is 65.1 Å². The van der Waals surface area contributed by atoms with E-state index in [0.717, 1.165) is 16.8 Å². The van der Waals surface area contributed by atoms with Gasteiger partial charge in [-0.3, -0.25) is 14.5 Å². The van der Waals surface area contributed by atoms with E-state index in [1.54, 1.807) is 11.0 Å². The first-order valence-corrected chi connectivity index (χ1v) is 12.6. The van der Waals surface area contributed by atoms with E-state index in [4.69, 9.17) is 10.5 Å². The summed E-state index contributed by atoms with van der Waals surface area (Å²) in [5.41, 5.74) is 9.62. The number of ether oxygens (including phenoxy) is 1. The first kappa shape index (κ1) is 24.8. The van der Waals surface area contributed by atoms with Crippen molar-refractivity contribution in [1.29, 1.82) is 0 Å². The Labute approximate surface area is 217 Å². The van der Waals surface area contributed by atoms with Crippen LogP contribution in [0.1, 0.15) is 63.1 Å². The van der Waals surface area contributed by atoms with E-state index >= 15 is 0 Å². The summed E-state index contributed by atoms with van der Waals surface area (Å²) in [6.07, 6.45) is 0.752. The quantitative estimate of drug-likeness (QED) is 0.588. The van der Waals surface area contributed by atoms with Gasteiger partial charge in [-0.25, -0.2) is 4.79 Å². The van der Waals surface area contributed by atoms with E-state index in [0.29, 0.717) is 34.9 Å². The zero-order chi connectivity index (χ0) is 26.9. The molecule has 1 unspecified atom stereocenters. The Kier molecular flexibility index (Phi) is 5.59. The molecule has 2 aromatic carbocycles. The number of Topliss-reactive ketones (excluding diaryl/α,β-unsaturated/α-hetero) is 1. The number of hydrogen-bond acceptors (Lipinski definition) is 6. The van der Waals surface area contributed by atoms with Crippen LogP contribution in [0.4, 0.5) is 11.4 Å². The van der Waals surface area contributed by atoms with Crippen molar-refractivity contribution in [3.8, 4) is 0 Å². The second-order valence-corrected chi connectivity index (χ2v) is 11.3. The van der Waals surface area contributed by atoms with Crippen LogP contribution in [0, 0.1) is 12.3 Å². The molecular formula is C30H33N3O4. The van der Waals surface area contributed by atoms with Gasteiger partial charge < -0.3 is 15.8 Å². The van der Waals surface area contributed by atoms with Gasteiger partial charge in [-0.15, -0.1) is 0 Å². The molecule has 1 amide bonds. The Bertz CT molecular complexity index is 1410. The lowest BCUT2D eigenvalue weighted by Gasteiger charge is -2.47. The molecule has 1 aliphatic carbocycles. The highest BCUT2D eigenvalue weighted by atomic mass is 16.5. The number of nitrogens with two attached hydrogens (primary N) is 1. The molecule has 3 N–H and O–H groups in total. The summed E-state index contributed by atoms with van der Waals surface area (Å²) >= 11 is 0. The summed E-state index contributed by atoms with van der Waals surface area (Å²) in [5, 5.41) is 2.92. The molecule has 192 valence electrons. The van der Waals surface area contributed by atoms with Crippen molar-refractivity contribution in [3.63, 3.8) is 0 Å². The number of fused-ring (bicyclic) bond motifs is 3. The summed E-state index contributed by atoms with van der Waals surface area (Å²) in [7, 11) is 1.26. The van der Waals surface area contributed by atoms with E-state index in [-0.39, 0.29) is 29.0 Å². The summed E-state index contributed by atoms with van der Waals surface area (Å²) < 4.78 is 5.21. The summed E-state index contributed by atoms with van der Waals surface area (Å²) in [6, 6.07) is 13.5. The smallest absolute Gasteiger partial charge is 0.339 e. The Morgan fingerprint density at radius 3 is 2.38 bits per heavy atom. The molecule has 0 bridgehead atoms. The first-order valence-electron chi connectivity index (χ1n) is 12.6. The molecule has 0 saturated heterocycles. The van der Waals surface area contributed by atoms with Gasteiger partial charge in [-0.1, -0.05) is 57.5 Å². The van der Waals surface area contributed by atoms with Gasteiger partial charge in [0.1, 0.15) is 16.8 Å². The van der Waals surface area contributed by atoms with Crippen molar-refractivity contribution in [3.05, 3.63) is 81.8 Å². The van der Waals surface area contributed by atoms with Crippen LogP contribution in [0.5, 0.6) is 0 Å². The lowest BCUT2D eigenvalue weighted by Crippen LogP contribution is -2.54. The SMILES string of the molecule is COC(=O)C1=C(N)N(c2ccc(C(C)C)cc2)C2=C(C(=O)CC(C)(C)C2)C12C(=O)Nc1ccc(C)cc12. The molecule has 0 saturated carbocycles. The molecule has 0 fully saturated rings. The first-order chi connectivity index (χ1) is 17.4. The van der Waals surface area contributed by atoms with Crippen molar-refractivity contribution >= 4 is 29.0 Å². The van der Waals surface area contributed by atoms with Gasteiger partial charge in [-0.2, -0.15) is 0 Å². The third-order valence-corrected chi connectivity index (χ3v) is 7.74. The fraction of sp³-hybridized carbons (Fsp3) is 0.367. The number of nitrogens with one attached hydrogen (secondary N) is 1. The maximum atomic E-state index is 14.0. The van der Waals surface area contributed by atoms with Crippen LogP contribution >= 0.6 is 0 Å². The number of ketones is 1. The van der Waals surface area contributed by atoms with Crippen LogP contribution in [0.3, 0.4) is 0 Å². The number of methoxy groups -OCH3 is 1. The third-order valence-electron chi connectivity index (χ3n) is 7.74. The zero-order valence-electron chi connectivity index (χ0n) is 22.2. The predicted molar refractivity (Wildman–Crippen MR) is 143 cm³/mol. The number of rotatable bonds is 3. The predicted octanol–water partition coefficient (Wildman–Crippen LogP) is 4.82. The summed E-state index contributed by atoms with van der Waals surface area (Å²) in [4.78, 5) is 43.3. The molecule has 2 aromatic rings. The Hall–Kier alpha value is -3.87. The Morgan fingerprint density at radius 2 is 1.76 bits per heavy atom. The van der Waals surface area contributed by atoms with Gasteiger partial charge in [0.05, 0.1) is 7.11 Å². The number of hydrogen-bond donors (Lipinski definition) is 2. The largest absolute Gasteiger partial charge is 0.466 e. The minimum atomic E-state index is -1.68. The third kappa shape index (κ3) is 3.51. The van der Waals surface area contributed by atoms with Crippen molar-refractivity contribution in [2.24, 2.45) is 11.1 Å². The van der Waals surface area contributed by atoms with Crippen molar-refractivity contribution in [1.82, 2.24) is 0 Å². The van der Waals surface area contributed by atoms with Crippen LogP contribution in [-0.2, 0) is 24.5 Å². The number of esters is 1. The van der Waals surface area contributed by atoms with E-state index in [1.807, 2.05) is 57.2 Å². The average molecular weight is 500 g/mol. The van der Waals surface area contributed by atoms with Crippen LogP contribution < -0.4 is 16.0 Å². The summed E-state index contributed by atoms with van der Waals surface area (Å²) in [6.45, 7) is 10.2. The number of aryl methyl sites for hydroxylation is 1. The monoisotopic (exact) mass is 499 g/mol. The number of anilines is 2. The molecule has 1 atom stereocenters. The highest BCUT2D eigenvalue weighted by Crippen LogP contribution is 2.57. The molecule has 0 radical (unpaired) electrons. The fourth-order valence-corrected chi connectivity index (χ4v) is 6.05. The summed E-state index contributed by atoms with van der Waals surface area (Å²) in [5.74, 6) is -0.947. The normalized spacial score (nSPS) is 22.4. The number of benzene rings is 2. The van der Waals surface area contributed by atoms with E-state index in [2.05, 4.69) is 19.2 Å². The lowest BCUT2D eigenvalue weighted by molar-refractivity contribution is -0.138. The number of allylic oxidation sites excluding steroid dienone is 1. The minimum absolute atomic E-state index is 0.0309. The number of amides is 1. The second kappa shape index (κ2) is 8.33. The van der Waals surface area contributed by atoms with Gasteiger partial charge in [-0.05, 0) is 48.4 Å². The van der Waals surface area contributed by atoms with E-state index in [9.17, 15) is 14.4 Å². The maximum Gasteiger partial charge on any atom is 0.339 e. The number of nitrogens with zero attached hydrogens (tertiary/aromatic N) is 1. The van der Waals surface area contributed by atoms with Gasteiger partial charge in [0.2, 0.25) is 5.91 Å². The Balaban J connectivity index is 1.89. The molecular weight excluding hydrogens is 466 g/mol. The molecule has 7 nitrogen and oxygen atoms in total. The van der Waals surface area contributed by atoms with Crippen molar-refractivity contribution < 1.29 is 19.1 Å². The molecule has 0 aromatic heterocycles. The molecule has 5 rings (SSSR count). The molecule has 2 heterocycles. The van der Waals surface area contributed by atoms with Crippen LogP contribution in [0.2, 0.25) is 0 Å². The number of carbonyl (C=O) groups excluding carboxylic acids is 3. The molecule has 37 heavy (non-hydrogen) atoms. The van der Waals surface area contributed by atoms with Gasteiger partial charge in [0, 0.05) is 34.6 Å². The minimum Gasteiger partial charge on any atom is -0.466 e. The lowest BCUT2D eigenvalue weighted by atomic mass is 9.60. The molecule has 7 heteroatoms.